The zero-order valence-electron chi connectivity index (χ0n) is 16.5. The van der Waals surface area contributed by atoms with Crippen LogP contribution >= 0.6 is 11.6 Å². The van der Waals surface area contributed by atoms with E-state index < -0.39 is 5.97 Å². The molecule has 1 fully saturated rings. The second-order valence-corrected chi connectivity index (χ2v) is 8.07. The fourth-order valence-electron chi connectivity index (χ4n) is 3.93. The van der Waals surface area contributed by atoms with Crippen LogP contribution in [0.15, 0.2) is 48.8 Å². The highest BCUT2D eigenvalue weighted by Crippen LogP contribution is 2.31. The van der Waals surface area contributed by atoms with Gasteiger partial charge in [-0.25, -0.2) is 9.67 Å². The molecule has 0 atom stereocenters. The van der Waals surface area contributed by atoms with Crippen molar-refractivity contribution >= 4 is 28.7 Å². The van der Waals surface area contributed by atoms with Gasteiger partial charge in [-0.2, -0.15) is 10.1 Å². The number of halogens is 1. The first-order chi connectivity index (χ1) is 15.1. The minimum Gasteiger partial charge on any atom is -0.481 e. The van der Waals surface area contributed by atoms with E-state index in [9.17, 15) is 4.79 Å². The van der Waals surface area contributed by atoms with Gasteiger partial charge in [0.2, 0.25) is 0 Å². The first kappa shape index (κ1) is 19.6. The maximum atomic E-state index is 11.1. The number of nitrogens with one attached hydrogen (secondary N) is 1. The molecule has 0 bridgehead atoms. The van der Waals surface area contributed by atoms with Gasteiger partial charge in [-0.15, -0.1) is 0 Å². The van der Waals surface area contributed by atoms with Crippen molar-refractivity contribution in [1.82, 2.24) is 24.7 Å². The second kappa shape index (κ2) is 8.03. The molecule has 0 amide bonds. The molecular weight excluding hydrogens is 418 g/mol. The average Bonchev–Trinajstić information content (AvgIpc) is 3.43. The van der Waals surface area contributed by atoms with E-state index in [4.69, 9.17) is 21.4 Å². The zero-order valence-corrected chi connectivity index (χ0v) is 17.3. The molecule has 1 aliphatic rings. The quantitative estimate of drug-likeness (QED) is 0.476. The predicted octanol–water partition coefficient (Wildman–Crippen LogP) is 4.49. The van der Waals surface area contributed by atoms with Crippen LogP contribution in [-0.4, -0.2) is 41.9 Å². The Balaban J connectivity index is 1.35. The third kappa shape index (κ3) is 3.98. The van der Waals surface area contributed by atoms with E-state index in [-0.39, 0.29) is 12.0 Å². The predicted molar refractivity (Wildman–Crippen MR) is 115 cm³/mol. The van der Waals surface area contributed by atoms with Gasteiger partial charge >= 0.3 is 5.97 Å². The fourth-order valence-corrected chi connectivity index (χ4v) is 4.19. The number of carboxylic acid groups (broad SMARTS) is 1. The summed E-state index contributed by atoms with van der Waals surface area (Å²) in [6.45, 7) is 0. The molecule has 4 aromatic rings. The number of aromatic nitrogens is 5. The molecule has 1 aliphatic carbocycles. The summed E-state index contributed by atoms with van der Waals surface area (Å²) < 4.78 is 7.74. The summed E-state index contributed by atoms with van der Waals surface area (Å²) in [5, 5.41) is 13.9. The lowest BCUT2D eigenvalue weighted by Gasteiger charge is -2.25. The molecule has 1 aromatic carbocycles. The highest BCUT2D eigenvalue weighted by molar-refractivity contribution is 6.33. The number of hydrogen-bond donors (Lipinski definition) is 2. The van der Waals surface area contributed by atoms with Crippen LogP contribution in [0.3, 0.4) is 0 Å². The Labute approximate surface area is 182 Å². The lowest BCUT2D eigenvalue weighted by atomic mass is 9.87. The number of ether oxygens (including phenoxy) is 1. The number of benzene rings is 1. The number of pyridine rings is 1. The number of nitrogens with zero attached hydrogens (tertiary/aromatic N) is 4. The SMILES string of the molecule is O=C(O)C1CCC(Oc2nc3nc(-c4ccc(-n5cccn5)cc4)c(Cl)cc3[nH]2)CC1. The molecule has 3 aromatic heterocycles. The topological polar surface area (TPSA) is 106 Å². The standard InChI is InChI=1S/C22H20ClN5O3/c23-17-12-18-20(27-22(25-18)31-16-8-4-14(5-9-16)21(29)30)26-19(17)13-2-6-15(7-3-13)28-11-1-10-24-28/h1-3,6-7,10-12,14,16H,4-5,8-9H2,(H,29,30)(H,25,26,27). The van der Waals surface area contributed by atoms with Crippen molar-refractivity contribution in [1.29, 1.82) is 0 Å². The second-order valence-electron chi connectivity index (χ2n) is 7.66. The Morgan fingerprint density at radius 3 is 2.61 bits per heavy atom. The van der Waals surface area contributed by atoms with Crippen LogP contribution in [0.2, 0.25) is 5.02 Å². The molecule has 0 unspecified atom stereocenters. The van der Waals surface area contributed by atoms with Gasteiger partial charge in [0.25, 0.3) is 6.01 Å². The Kier molecular flexibility index (Phi) is 5.07. The highest BCUT2D eigenvalue weighted by Gasteiger charge is 2.27. The third-order valence-corrected chi connectivity index (χ3v) is 5.90. The third-order valence-electron chi connectivity index (χ3n) is 5.62. The summed E-state index contributed by atoms with van der Waals surface area (Å²) in [7, 11) is 0. The maximum absolute atomic E-state index is 11.1. The van der Waals surface area contributed by atoms with Crippen molar-refractivity contribution in [3.63, 3.8) is 0 Å². The zero-order chi connectivity index (χ0) is 21.4. The van der Waals surface area contributed by atoms with Gasteiger partial charge in [-0.3, -0.25) is 4.79 Å². The minimum atomic E-state index is -0.730. The van der Waals surface area contributed by atoms with Crippen molar-refractivity contribution in [2.45, 2.75) is 31.8 Å². The molecular formula is C22H20ClN5O3. The summed E-state index contributed by atoms with van der Waals surface area (Å²) >= 11 is 6.50. The van der Waals surface area contributed by atoms with Crippen molar-refractivity contribution < 1.29 is 14.6 Å². The van der Waals surface area contributed by atoms with E-state index in [1.165, 1.54) is 0 Å². The Morgan fingerprint density at radius 2 is 1.94 bits per heavy atom. The largest absolute Gasteiger partial charge is 0.481 e. The smallest absolute Gasteiger partial charge is 0.306 e. The van der Waals surface area contributed by atoms with Crippen molar-refractivity contribution in [2.75, 3.05) is 0 Å². The van der Waals surface area contributed by atoms with Gasteiger partial charge in [-0.1, -0.05) is 23.7 Å². The fraction of sp³-hybridized carbons (Fsp3) is 0.273. The lowest BCUT2D eigenvalue weighted by molar-refractivity contribution is -0.143. The molecule has 31 heavy (non-hydrogen) atoms. The van der Waals surface area contributed by atoms with Crippen LogP contribution in [0.4, 0.5) is 0 Å². The maximum Gasteiger partial charge on any atom is 0.306 e. The number of rotatable bonds is 5. The van der Waals surface area contributed by atoms with Gasteiger partial charge in [0.05, 0.1) is 27.8 Å². The van der Waals surface area contributed by atoms with E-state index in [1.54, 1.807) is 16.9 Å². The average molecular weight is 438 g/mol. The monoisotopic (exact) mass is 437 g/mol. The summed E-state index contributed by atoms with van der Waals surface area (Å²) in [6, 6.07) is 11.8. The van der Waals surface area contributed by atoms with Crippen molar-refractivity contribution in [2.24, 2.45) is 5.92 Å². The highest BCUT2D eigenvalue weighted by atomic mass is 35.5. The summed E-state index contributed by atoms with van der Waals surface area (Å²) in [5.74, 6) is -1.01. The molecule has 0 spiro atoms. The van der Waals surface area contributed by atoms with Gasteiger partial charge in [0, 0.05) is 18.0 Å². The van der Waals surface area contributed by atoms with Gasteiger partial charge in [-0.05, 0) is 49.9 Å². The van der Waals surface area contributed by atoms with Crippen LogP contribution in [0.5, 0.6) is 6.01 Å². The first-order valence-corrected chi connectivity index (χ1v) is 10.5. The van der Waals surface area contributed by atoms with Crippen molar-refractivity contribution in [3.05, 3.63) is 53.8 Å². The van der Waals surface area contributed by atoms with Crippen LogP contribution in [-0.2, 0) is 4.79 Å². The number of carbonyl (C=O) groups is 1. The normalized spacial score (nSPS) is 18.9. The molecule has 2 N–H and O–H groups in total. The first-order valence-electron chi connectivity index (χ1n) is 10.1. The Bertz CT molecular complexity index is 1210. The van der Waals surface area contributed by atoms with Crippen LogP contribution in [0, 0.1) is 5.92 Å². The van der Waals surface area contributed by atoms with Gasteiger partial charge in [0.1, 0.15) is 6.10 Å². The number of aliphatic carboxylic acids is 1. The van der Waals surface area contributed by atoms with Gasteiger partial charge < -0.3 is 14.8 Å². The van der Waals surface area contributed by atoms with Crippen LogP contribution in [0.1, 0.15) is 25.7 Å². The van der Waals surface area contributed by atoms with Gasteiger partial charge in [0.15, 0.2) is 5.65 Å². The van der Waals surface area contributed by atoms with E-state index in [0.29, 0.717) is 53.6 Å². The van der Waals surface area contributed by atoms with E-state index in [0.717, 1.165) is 11.3 Å². The van der Waals surface area contributed by atoms with E-state index in [2.05, 4.69) is 20.1 Å². The summed E-state index contributed by atoms with van der Waals surface area (Å²) in [5.41, 5.74) is 3.67. The molecule has 3 heterocycles. The molecule has 0 saturated heterocycles. The number of hydrogen-bond acceptors (Lipinski definition) is 5. The summed E-state index contributed by atoms with van der Waals surface area (Å²) in [4.78, 5) is 23.3. The number of aromatic amines is 1. The Hall–Kier alpha value is -3.39. The van der Waals surface area contributed by atoms with Crippen LogP contribution < -0.4 is 4.74 Å². The molecule has 0 aliphatic heterocycles. The molecule has 1 saturated carbocycles. The molecule has 158 valence electrons. The molecule has 8 nitrogen and oxygen atoms in total. The number of carboxylic acids is 1. The van der Waals surface area contributed by atoms with E-state index in [1.807, 2.05) is 36.5 Å². The molecule has 5 rings (SSSR count). The van der Waals surface area contributed by atoms with Crippen LogP contribution in [0.25, 0.3) is 28.1 Å². The number of H-pyrrole nitrogens is 1. The van der Waals surface area contributed by atoms with E-state index >= 15 is 0 Å². The number of fused-ring (bicyclic) bond motifs is 1. The van der Waals surface area contributed by atoms with Crippen molar-refractivity contribution in [3.8, 4) is 23.0 Å². The molecule has 9 heteroatoms. The number of imidazole rings is 1. The summed E-state index contributed by atoms with van der Waals surface area (Å²) in [6.07, 6.45) is 6.17. The lowest BCUT2D eigenvalue weighted by Crippen LogP contribution is -2.28. The Morgan fingerprint density at radius 1 is 1.16 bits per heavy atom. The minimum absolute atomic E-state index is 0.0547. The molecule has 0 radical (unpaired) electrons.